The summed E-state index contributed by atoms with van der Waals surface area (Å²) in [6, 6.07) is 4.53. The van der Waals surface area contributed by atoms with Gasteiger partial charge in [-0.25, -0.2) is 9.97 Å². The Morgan fingerprint density at radius 1 is 1.38 bits per heavy atom. The van der Waals surface area contributed by atoms with Crippen LogP contribution in [0.25, 0.3) is 11.2 Å². The van der Waals surface area contributed by atoms with Crippen molar-refractivity contribution in [3.05, 3.63) is 24.2 Å². The van der Waals surface area contributed by atoms with Gasteiger partial charge >= 0.3 is 0 Å². The van der Waals surface area contributed by atoms with E-state index in [1.807, 2.05) is 17.0 Å². The van der Waals surface area contributed by atoms with Gasteiger partial charge in [0.05, 0.1) is 5.52 Å². The lowest BCUT2D eigenvalue weighted by Crippen LogP contribution is -2.55. The van der Waals surface area contributed by atoms with Gasteiger partial charge in [-0.05, 0) is 26.0 Å². The fourth-order valence-electron chi connectivity index (χ4n) is 2.93. The monoisotopic (exact) mass is 287 g/mol. The van der Waals surface area contributed by atoms with E-state index in [1.165, 1.54) is 0 Å². The van der Waals surface area contributed by atoms with Crippen LogP contribution in [0.2, 0.25) is 0 Å². The van der Waals surface area contributed by atoms with Crippen molar-refractivity contribution in [3.63, 3.8) is 0 Å². The van der Waals surface area contributed by atoms with Crippen molar-refractivity contribution in [3.8, 4) is 0 Å². The molecule has 2 atom stereocenters. The lowest BCUT2D eigenvalue weighted by atomic mass is 10.1. The Labute approximate surface area is 124 Å². The van der Waals surface area contributed by atoms with Crippen LogP contribution in [-0.2, 0) is 11.2 Å². The Morgan fingerprint density at radius 3 is 2.86 bits per heavy atom. The molecule has 1 aliphatic rings. The number of fused-ring (bicyclic) bond motifs is 1. The van der Waals surface area contributed by atoms with Gasteiger partial charge in [-0.1, -0.05) is 0 Å². The molecule has 21 heavy (non-hydrogen) atoms. The summed E-state index contributed by atoms with van der Waals surface area (Å²) in [7, 11) is 0. The number of rotatable bonds is 3. The van der Waals surface area contributed by atoms with Gasteiger partial charge in [-0.3, -0.25) is 4.79 Å². The van der Waals surface area contributed by atoms with Crippen LogP contribution >= 0.6 is 0 Å². The number of pyridine rings is 1. The fourth-order valence-corrected chi connectivity index (χ4v) is 2.93. The number of imidazole rings is 1. The highest BCUT2D eigenvalue weighted by molar-refractivity contribution is 5.77. The summed E-state index contributed by atoms with van der Waals surface area (Å²) in [5.41, 5.74) is 1.63. The first-order valence-electron chi connectivity index (χ1n) is 7.45. The molecule has 2 aromatic heterocycles. The zero-order valence-corrected chi connectivity index (χ0v) is 12.5. The van der Waals surface area contributed by atoms with Crippen LogP contribution in [0.1, 0.15) is 26.1 Å². The quantitative estimate of drug-likeness (QED) is 0.886. The fraction of sp³-hybridized carbons (Fsp3) is 0.533. The van der Waals surface area contributed by atoms with Gasteiger partial charge in [0.15, 0.2) is 5.65 Å². The summed E-state index contributed by atoms with van der Waals surface area (Å²) < 4.78 is 0. The minimum absolute atomic E-state index is 0.198. The normalized spacial score (nSPS) is 22.7. The predicted molar refractivity (Wildman–Crippen MR) is 80.8 cm³/mol. The molecule has 2 aromatic rings. The molecule has 3 heterocycles. The van der Waals surface area contributed by atoms with Gasteiger partial charge in [0.1, 0.15) is 5.82 Å². The first kappa shape index (κ1) is 14.0. The van der Waals surface area contributed by atoms with E-state index in [0.29, 0.717) is 30.6 Å². The summed E-state index contributed by atoms with van der Waals surface area (Å²) in [6.07, 6.45) is 2.84. The van der Waals surface area contributed by atoms with E-state index in [-0.39, 0.29) is 5.91 Å². The molecule has 2 N–H and O–H groups in total. The van der Waals surface area contributed by atoms with Crippen LogP contribution in [0.4, 0.5) is 0 Å². The second kappa shape index (κ2) is 5.81. The molecule has 0 spiro atoms. The molecule has 0 aliphatic carbocycles. The van der Waals surface area contributed by atoms with Crippen LogP contribution in [-0.4, -0.2) is 50.9 Å². The van der Waals surface area contributed by atoms with E-state index in [0.717, 1.165) is 24.4 Å². The molecule has 6 nitrogen and oxygen atoms in total. The van der Waals surface area contributed by atoms with Crippen molar-refractivity contribution in [2.45, 2.75) is 38.8 Å². The minimum Gasteiger partial charge on any atom is -0.341 e. The van der Waals surface area contributed by atoms with Gasteiger partial charge < -0.3 is 15.2 Å². The molecule has 0 radical (unpaired) electrons. The molecular weight excluding hydrogens is 266 g/mol. The molecule has 1 saturated heterocycles. The maximum absolute atomic E-state index is 12.3. The number of hydrogen-bond acceptors (Lipinski definition) is 4. The highest BCUT2D eigenvalue weighted by Gasteiger charge is 2.24. The number of aromatic amines is 1. The summed E-state index contributed by atoms with van der Waals surface area (Å²) in [5.74, 6) is 1.02. The van der Waals surface area contributed by atoms with Crippen LogP contribution in [0.3, 0.4) is 0 Å². The average Bonchev–Trinajstić information content (AvgIpc) is 2.86. The Balaban J connectivity index is 1.60. The highest BCUT2D eigenvalue weighted by atomic mass is 16.2. The van der Waals surface area contributed by atoms with Crippen LogP contribution < -0.4 is 5.32 Å². The molecule has 1 fully saturated rings. The number of H-pyrrole nitrogens is 1. The molecule has 0 bridgehead atoms. The van der Waals surface area contributed by atoms with Gasteiger partial charge in [0, 0.05) is 44.2 Å². The number of hydrogen-bond donors (Lipinski definition) is 2. The third-order valence-corrected chi connectivity index (χ3v) is 3.79. The van der Waals surface area contributed by atoms with E-state index < -0.39 is 0 Å². The Morgan fingerprint density at radius 2 is 2.14 bits per heavy atom. The van der Waals surface area contributed by atoms with E-state index in [4.69, 9.17) is 0 Å². The molecule has 0 aromatic carbocycles. The molecule has 1 amide bonds. The zero-order chi connectivity index (χ0) is 14.8. The smallest absolute Gasteiger partial charge is 0.223 e. The average molecular weight is 287 g/mol. The number of aryl methyl sites for hydroxylation is 1. The summed E-state index contributed by atoms with van der Waals surface area (Å²) in [4.78, 5) is 26.1. The number of nitrogens with zero attached hydrogens (tertiary/aromatic N) is 3. The van der Waals surface area contributed by atoms with Crippen molar-refractivity contribution >= 4 is 17.1 Å². The van der Waals surface area contributed by atoms with E-state index in [1.54, 1.807) is 6.20 Å². The first-order valence-corrected chi connectivity index (χ1v) is 7.45. The van der Waals surface area contributed by atoms with E-state index >= 15 is 0 Å². The van der Waals surface area contributed by atoms with Crippen molar-refractivity contribution in [2.24, 2.45) is 0 Å². The van der Waals surface area contributed by atoms with E-state index in [2.05, 4.69) is 34.1 Å². The van der Waals surface area contributed by atoms with Crippen LogP contribution in [0.15, 0.2) is 18.3 Å². The van der Waals surface area contributed by atoms with Crippen molar-refractivity contribution in [1.82, 2.24) is 25.2 Å². The molecule has 0 saturated carbocycles. The number of carbonyl (C=O) groups excluding carboxylic acids is 1. The van der Waals surface area contributed by atoms with Gasteiger partial charge in [-0.15, -0.1) is 0 Å². The number of nitrogens with one attached hydrogen (secondary N) is 2. The molecular formula is C15H21N5O. The second-order valence-electron chi connectivity index (χ2n) is 5.83. The predicted octanol–water partition coefficient (Wildman–Crippen LogP) is 1.10. The maximum atomic E-state index is 12.3. The molecule has 1 aliphatic heterocycles. The molecule has 3 rings (SSSR count). The van der Waals surface area contributed by atoms with Crippen LogP contribution in [0.5, 0.6) is 0 Å². The van der Waals surface area contributed by atoms with Gasteiger partial charge in [-0.2, -0.15) is 0 Å². The summed E-state index contributed by atoms with van der Waals surface area (Å²) >= 11 is 0. The number of aromatic nitrogens is 3. The molecule has 112 valence electrons. The van der Waals surface area contributed by atoms with Crippen LogP contribution in [0, 0.1) is 0 Å². The summed E-state index contributed by atoms with van der Waals surface area (Å²) in [6.45, 7) is 5.79. The largest absolute Gasteiger partial charge is 0.341 e. The lowest BCUT2D eigenvalue weighted by molar-refractivity contribution is -0.132. The maximum Gasteiger partial charge on any atom is 0.223 e. The van der Waals surface area contributed by atoms with Crippen molar-refractivity contribution in [1.29, 1.82) is 0 Å². The highest BCUT2D eigenvalue weighted by Crippen LogP contribution is 2.11. The van der Waals surface area contributed by atoms with Crippen molar-refractivity contribution in [2.75, 3.05) is 13.1 Å². The number of carbonyl (C=O) groups is 1. The Hall–Kier alpha value is -1.95. The SMILES string of the molecule is C[C@H]1CN(C(=O)CCc2nc3ncccc3[nH]2)C[C@H](C)N1. The van der Waals surface area contributed by atoms with E-state index in [9.17, 15) is 4.79 Å². The Kier molecular flexibility index (Phi) is 3.88. The summed E-state index contributed by atoms with van der Waals surface area (Å²) in [5, 5.41) is 3.43. The third kappa shape index (κ3) is 3.21. The van der Waals surface area contributed by atoms with Crippen molar-refractivity contribution < 1.29 is 4.79 Å². The number of piperazine rings is 1. The minimum atomic E-state index is 0.198. The standard InChI is InChI=1S/C15H21N5O/c1-10-8-20(9-11(2)17-10)14(21)6-5-13-18-12-4-3-7-16-15(12)19-13/h3-4,7,10-11,17H,5-6,8-9H2,1-2H3,(H,16,18,19)/t10-,11-/m0/s1. The third-order valence-electron chi connectivity index (χ3n) is 3.79. The second-order valence-corrected chi connectivity index (χ2v) is 5.83. The lowest BCUT2D eigenvalue weighted by Gasteiger charge is -2.36. The Bertz CT molecular complexity index is 595. The first-order chi connectivity index (χ1) is 10.1. The molecule has 6 heteroatoms. The van der Waals surface area contributed by atoms with Gasteiger partial charge in [0.2, 0.25) is 5.91 Å². The number of amides is 1. The zero-order valence-electron chi connectivity index (χ0n) is 12.5. The molecule has 0 unspecified atom stereocenters. The topological polar surface area (TPSA) is 73.9 Å². The van der Waals surface area contributed by atoms with Gasteiger partial charge in [0.25, 0.3) is 0 Å².